The van der Waals surface area contributed by atoms with E-state index in [1.807, 2.05) is 49.4 Å². The third kappa shape index (κ3) is 6.48. The van der Waals surface area contributed by atoms with Crippen molar-refractivity contribution in [3.05, 3.63) is 72.3 Å². The SMILES string of the molecule is C=CCOc1ccccc1CN=C(NCC)NCC1CC(=O)Nc2ccccc21.I. The number of guanidine groups is 1. The van der Waals surface area contributed by atoms with Gasteiger partial charge in [0.1, 0.15) is 12.4 Å². The number of hydrogen-bond donors (Lipinski definition) is 3. The zero-order valence-electron chi connectivity index (χ0n) is 17.2. The molecule has 1 aliphatic heterocycles. The molecule has 0 spiro atoms. The van der Waals surface area contributed by atoms with Crippen LogP contribution in [0.25, 0.3) is 0 Å². The highest BCUT2D eigenvalue weighted by Crippen LogP contribution is 2.31. The molecule has 30 heavy (non-hydrogen) atoms. The number of nitrogens with one attached hydrogen (secondary N) is 3. The number of carbonyl (C=O) groups is 1. The number of fused-ring (bicyclic) bond motifs is 1. The zero-order valence-corrected chi connectivity index (χ0v) is 19.5. The predicted molar refractivity (Wildman–Crippen MR) is 133 cm³/mol. The maximum absolute atomic E-state index is 12.0. The molecule has 0 bridgehead atoms. The predicted octanol–water partition coefficient (Wildman–Crippen LogP) is 4.05. The summed E-state index contributed by atoms with van der Waals surface area (Å²) in [7, 11) is 0. The number of benzene rings is 2. The largest absolute Gasteiger partial charge is 0.489 e. The Morgan fingerprint density at radius 1 is 1.23 bits per heavy atom. The van der Waals surface area contributed by atoms with Gasteiger partial charge in [-0.25, -0.2) is 4.99 Å². The van der Waals surface area contributed by atoms with Crippen LogP contribution in [-0.2, 0) is 11.3 Å². The van der Waals surface area contributed by atoms with Gasteiger partial charge in [-0.1, -0.05) is 49.1 Å². The van der Waals surface area contributed by atoms with Gasteiger partial charge in [0.2, 0.25) is 5.91 Å². The molecule has 1 unspecified atom stereocenters. The average molecular weight is 520 g/mol. The molecular formula is C23H29IN4O2. The number of carbonyl (C=O) groups excluding carboxylic acids is 1. The molecule has 0 saturated heterocycles. The molecule has 0 aromatic heterocycles. The van der Waals surface area contributed by atoms with E-state index in [-0.39, 0.29) is 35.8 Å². The summed E-state index contributed by atoms with van der Waals surface area (Å²) in [6.07, 6.45) is 2.19. The Hall–Kier alpha value is -2.55. The molecule has 2 aromatic rings. The van der Waals surface area contributed by atoms with Crippen LogP contribution < -0.4 is 20.7 Å². The van der Waals surface area contributed by atoms with Gasteiger partial charge in [0, 0.05) is 36.7 Å². The van der Waals surface area contributed by atoms with Crippen LogP contribution in [0.5, 0.6) is 5.75 Å². The normalized spacial score (nSPS) is 15.3. The van der Waals surface area contributed by atoms with Gasteiger partial charge in [-0.05, 0) is 24.6 Å². The Balaban J connectivity index is 0.00000320. The van der Waals surface area contributed by atoms with Gasteiger partial charge in [0.05, 0.1) is 6.54 Å². The average Bonchev–Trinajstić information content (AvgIpc) is 2.74. The summed E-state index contributed by atoms with van der Waals surface area (Å²) < 4.78 is 5.71. The molecule has 1 atom stereocenters. The number of halogens is 1. The molecule has 0 radical (unpaired) electrons. The highest BCUT2D eigenvalue weighted by atomic mass is 127. The van der Waals surface area contributed by atoms with E-state index in [0.717, 1.165) is 35.1 Å². The molecular weight excluding hydrogens is 491 g/mol. The Morgan fingerprint density at radius 3 is 2.80 bits per heavy atom. The Kier molecular flexibility index (Phi) is 9.66. The molecule has 0 aliphatic carbocycles. The van der Waals surface area contributed by atoms with E-state index in [9.17, 15) is 4.79 Å². The van der Waals surface area contributed by atoms with E-state index < -0.39 is 0 Å². The second kappa shape index (κ2) is 12.2. The first-order valence-corrected chi connectivity index (χ1v) is 9.93. The second-order valence-corrected chi connectivity index (χ2v) is 6.82. The number of nitrogens with zero attached hydrogens (tertiary/aromatic N) is 1. The van der Waals surface area contributed by atoms with E-state index in [2.05, 4.69) is 28.6 Å². The van der Waals surface area contributed by atoms with E-state index >= 15 is 0 Å². The van der Waals surface area contributed by atoms with Crippen molar-refractivity contribution in [2.45, 2.75) is 25.8 Å². The van der Waals surface area contributed by atoms with Crippen LogP contribution in [0.3, 0.4) is 0 Å². The van der Waals surface area contributed by atoms with Crippen LogP contribution in [0.15, 0.2) is 66.2 Å². The maximum atomic E-state index is 12.0. The lowest BCUT2D eigenvalue weighted by Crippen LogP contribution is -2.40. The number of amides is 1. The molecule has 6 nitrogen and oxygen atoms in total. The van der Waals surface area contributed by atoms with Crippen LogP contribution in [0.4, 0.5) is 5.69 Å². The summed E-state index contributed by atoms with van der Waals surface area (Å²) in [5.41, 5.74) is 3.05. The van der Waals surface area contributed by atoms with Gasteiger partial charge in [-0.3, -0.25) is 4.79 Å². The van der Waals surface area contributed by atoms with Crippen LogP contribution in [0.2, 0.25) is 0 Å². The van der Waals surface area contributed by atoms with E-state index in [1.165, 1.54) is 0 Å². The van der Waals surface area contributed by atoms with Crippen molar-refractivity contribution < 1.29 is 9.53 Å². The van der Waals surface area contributed by atoms with Crippen molar-refractivity contribution in [1.82, 2.24) is 10.6 Å². The number of para-hydroxylation sites is 2. The smallest absolute Gasteiger partial charge is 0.225 e. The van der Waals surface area contributed by atoms with E-state index in [1.54, 1.807) is 6.08 Å². The number of rotatable bonds is 8. The Labute approximate surface area is 195 Å². The fourth-order valence-electron chi connectivity index (χ4n) is 3.33. The lowest BCUT2D eigenvalue weighted by atomic mass is 9.90. The van der Waals surface area contributed by atoms with Crippen LogP contribution >= 0.6 is 24.0 Å². The third-order valence-corrected chi connectivity index (χ3v) is 4.70. The topological polar surface area (TPSA) is 74.8 Å². The summed E-state index contributed by atoms with van der Waals surface area (Å²) in [6.45, 7) is 8.06. The van der Waals surface area contributed by atoms with Gasteiger partial charge >= 0.3 is 0 Å². The van der Waals surface area contributed by atoms with Crippen LogP contribution in [0, 0.1) is 0 Å². The minimum atomic E-state index is 0. The minimum Gasteiger partial charge on any atom is -0.489 e. The van der Waals surface area contributed by atoms with Gasteiger partial charge < -0.3 is 20.7 Å². The first kappa shape index (κ1) is 23.7. The standard InChI is InChI=1S/C23H28N4O2.HI/c1-3-13-29-21-12-8-5-9-17(21)15-25-23(24-4-2)26-16-18-14-22(28)27-20-11-7-6-10-19(18)20;/h3,5-12,18H,1,4,13-16H2,2H3,(H,27,28)(H2,24,25,26);1H. The molecule has 160 valence electrons. The van der Waals surface area contributed by atoms with Crippen molar-refractivity contribution in [2.24, 2.45) is 4.99 Å². The van der Waals surface area contributed by atoms with Crippen molar-refractivity contribution in [3.8, 4) is 5.75 Å². The summed E-state index contributed by atoms with van der Waals surface area (Å²) >= 11 is 0. The third-order valence-electron chi connectivity index (χ3n) is 4.70. The van der Waals surface area contributed by atoms with E-state index in [0.29, 0.717) is 26.1 Å². The van der Waals surface area contributed by atoms with Crippen molar-refractivity contribution in [2.75, 3.05) is 25.0 Å². The fourth-order valence-corrected chi connectivity index (χ4v) is 3.33. The van der Waals surface area contributed by atoms with Gasteiger partial charge in [-0.2, -0.15) is 0 Å². The molecule has 1 heterocycles. The number of aliphatic imine (C=N–C) groups is 1. The summed E-state index contributed by atoms with van der Waals surface area (Å²) in [5.74, 6) is 1.68. The molecule has 3 rings (SSSR count). The second-order valence-electron chi connectivity index (χ2n) is 6.82. The van der Waals surface area contributed by atoms with E-state index in [4.69, 9.17) is 9.73 Å². The van der Waals surface area contributed by atoms with Crippen LogP contribution in [-0.4, -0.2) is 31.6 Å². The highest BCUT2D eigenvalue weighted by molar-refractivity contribution is 14.0. The molecule has 1 amide bonds. The quantitative estimate of drug-likeness (QED) is 0.213. The lowest BCUT2D eigenvalue weighted by Gasteiger charge is -2.26. The molecule has 0 fully saturated rings. The van der Waals surface area contributed by atoms with Crippen LogP contribution in [0.1, 0.15) is 30.4 Å². The Bertz CT molecular complexity index is 885. The molecule has 0 saturated carbocycles. The number of anilines is 1. The highest BCUT2D eigenvalue weighted by Gasteiger charge is 2.24. The van der Waals surface area contributed by atoms with Crippen molar-refractivity contribution >= 4 is 41.5 Å². The first-order valence-electron chi connectivity index (χ1n) is 9.93. The monoisotopic (exact) mass is 520 g/mol. The summed E-state index contributed by atoms with van der Waals surface area (Å²) in [6, 6.07) is 15.8. The van der Waals surface area contributed by atoms with Crippen molar-refractivity contribution in [1.29, 1.82) is 0 Å². The first-order chi connectivity index (χ1) is 14.2. The number of ether oxygens (including phenoxy) is 1. The Morgan fingerprint density at radius 2 is 2.00 bits per heavy atom. The lowest BCUT2D eigenvalue weighted by molar-refractivity contribution is -0.116. The van der Waals surface area contributed by atoms with Gasteiger partial charge in [-0.15, -0.1) is 24.0 Å². The number of hydrogen-bond acceptors (Lipinski definition) is 3. The minimum absolute atomic E-state index is 0. The maximum Gasteiger partial charge on any atom is 0.225 e. The fraction of sp³-hybridized carbons (Fsp3) is 0.304. The molecule has 1 aliphatic rings. The summed E-state index contributed by atoms with van der Waals surface area (Å²) in [5, 5.41) is 9.60. The molecule has 2 aromatic carbocycles. The molecule has 3 N–H and O–H groups in total. The van der Waals surface area contributed by atoms with Gasteiger partial charge in [0.15, 0.2) is 5.96 Å². The molecule has 7 heteroatoms. The van der Waals surface area contributed by atoms with Crippen molar-refractivity contribution in [3.63, 3.8) is 0 Å². The summed E-state index contributed by atoms with van der Waals surface area (Å²) in [4.78, 5) is 16.7. The zero-order chi connectivity index (χ0) is 20.5. The van der Waals surface area contributed by atoms with Gasteiger partial charge in [0.25, 0.3) is 0 Å².